The van der Waals surface area contributed by atoms with Crippen LogP contribution in [-0.4, -0.2) is 60.4 Å². The summed E-state index contributed by atoms with van der Waals surface area (Å²) < 4.78 is 0. The first-order valence-electron chi connectivity index (χ1n) is 10.0. The van der Waals surface area contributed by atoms with E-state index in [1.54, 1.807) is 0 Å². The Hall–Kier alpha value is -1.88. The third-order valence-corrected chi connectivity index (χ3v) is 5.43. The Labute approximate surface area is 156 Å². The molecule has 2 saturated heterocycles. The van der Waals surface area contributed by atoms with Gasteiger partial charge in [0.2, 0.25) is 11.8 Å². The second kappa shape index (κ2) is 9.72. The van der Waals surface area contributed by atoms with E-state index in [-0.39, 0.29) is 17.9 Å². The Morgan fingerprint density at radius 1 is 1.12 bits per heavy atom. The lowest BCUT2D eigenvalue weighted by Gasteiger charge is -2.33. The van der Waals surface area contributed by atoms with E-state index in [9.17, 15) is 9.59 Å². The number of nitrogens with zero attached hydrogens (tertiary/aromatic N) is 2. The molecule has 1 aromatic carbocycles. The minimum absolute atomic E-state index is 0.131. The molecular weight excluding hydrogens is 326 g/mol. The number of carbonyl (C=O) groups is 2. The highest BCUT2D eigenvalue weighted by Gasteiger charge is 2.22. The van der Waals surface area contributed by atoms with Crippen molar-refractivity contribution in [3.63, 3.8) is 0 Å². The first-order chi connectivity index (χ1) is 12.7. The molecule has 2 aliphatic heterocycles. The van der Waals surface area contributed by atoms with Gasteiger partial charge in [-0.25, -0.2) is 0 Å². The van der Waals surface area contributed by atoms with Crippen molar-refractivity contribution in [2.24, 2.45) is 0 Å². The van der Waals surface area contributed by atoms with E-state index >= 15 is 0 Å². The van der Waals surface area contributed by atoms with Crippen molar-refractivity contribution in [3.8, 4) is 0 Å². The second-order valence-electron chi connectivity index (χ2n) is 7.53. The van der Waals surface area contributed by atoms with Gasteiger partial charge < -0.3 is 15.1 Å². The number of benzene rings is 1. The predicted octanol–water partition coefficient (Wildman–Crippen LogP) is 2.21. The summed E-state index contributed by atoms with van der Waals surface area (Å²) in [5.74, 6) is 0.373. The Bertz CT molecular complexity index is 590. The lowest BCUT2D eigenvalue weighted by atomic mass is 10.0. The van der Waals surface area contributed by atoms with Crippen LogP contribution in [0.15, 0.2) is 30.3 Å². The molecule has 2 fully saturated rings. The molecule has 0 bridgehead atoms. The summed E-state index contributed by atoms with van der Waals surface area (Å²) in [5, 5.41) is 3.20. The van der Waals surface area contributed by atoms with Crippen LogP contribution in [0.3, 0.4) is 0 Å². The largest absolute Gasteiger partial charge is 0.352 e. The third-order valence-electron chi connectivity index (χ3n) is 5.43. The van der Waals surface area contributed by atoms with Crippen molar-refractivity contribution >= 4 is 11.8 Å². The van der Waals surface area contributed by atoms with Crippen molar-refractivity contribution in [2.75, 3.05) is 32.7 Å². The van der Waals surface area contributed by atoms with Crippen molar-refractivity contribution in [3.05, 3.63) is 35.9 Å². The Morgan fingerprint density at radius 3 is 2.73 bits per heavy atom. The van der Waals surface area contributed by atoms with Gasteiger partial charge in [-0.05, 0) is 44.2 Å². The van der Waals surface area contributed by atoms with E-state index in [1.165, 1.54) is 5.56 Å². The monoisotopic (exact) mass is 357 g/mol. The van der Waals surface area contributed by atoms with E-state index in [2.05, 4.69) is 40.5 Å². The standard InChI is InChI=1S/C21H31N3O2/c25-20(10-5-14-24-15-6-11-21(24)26)22-19-9-4-13-23(17-19)16-12-18-7-2-1-3-8-18/h1-3,7-8,19H,4-6,9-17H2,(H,22,25). The summed E-state index contributed by atoms with van der Waals surface area (Å²) in [7, 11) is 0. The first kappa shape index (κ1) is 18.9. The van der Waals surface area contributed by atoms with Gasteiger partial charge in [0.25, 0.3) is 0 Å². The molecule has 1 aromatic rings. The Morgan fingerprint density at radius 2 is 1.96 bits per heavy atom. The second-order valence-corrected chi connectivity index (χ2v) is 7.53. The molecule has 26 heavy (non-hydrogen) atoms. The minimum atomic E-state index is 0.131. The predicted molar refractivity (Wildman–Crippen MR) is 103 cm³/mol. The van der Waals surface area contributed by atoms with Crippen LogP contribution in [-0.2, 0) is 16.0 Å². The summed E-state index contributed by atoms with van der Waals surface area (Å²) in [4.78, 5) is 28.2. The zero-order valence-electron chi connectivity index (χ0n) is 15.7. The fraction of sp³-hybridized carbons (Fsp3) is 0.619. The fourth-order valence-corrected chi connectivity index (χ4v) is 3.98. The van der Waals surface area contributed by atoms with Crippen LogP contribution in [0.25, 0.3) is 0 Å². The van der Waals surface area contributed by atoms with Gasteiger partial charge in [-0.15, -0.1) is 0 Å². The third kappa shape index (κ3) is 5.84. The maximum atomic E-state index is 12.2. The minimum Gasteiger partial charge on any atom is -0.352 e. The number of hydrogen-bond acceptors (Lipinski definition) is 3. The number of likely N-dealkylation sites (tertiary alicyclic amines) is 2. The van der Waals surface area contributed by atoms with Crippen molar-refractivity contribution in [1.29, 1.82) is 0 Å². The van der Waals surface area contributed by atoms with E-state index in [4.69, 9.17) is 0 Å². The smallest absolute Gasteiger partial charge is 0.222 e. The zero-order chi connectivity index (χ0) is 18.2. The molecule has 0 saturated carbocycles. The highest BCUT2D eigenvalue weighted by atomic mass is 16.2. The average molecular weight is 357 g/mol. The molecule has 5 heteroatoms. The quantitative estimate of drug-likeness (QED) is 0.776. The van der Waals surface area contributed by atoms with Crippen LogP contribution in [0.2, 0.25) is 0 Å². The fourth-order valence-electron chi connectivity index (χ4n) is 3.98. The van der Waals surface area contributed by atoms with E-state index < -0.39 is 0 Å². The molecular formula is C21H31N3O2. The van der Waals surface area contributed by atoms with Crippen molar-refractivity contribution in [1.82, 2.24) is 15.1 Å². The highest BCUT2D eigenvalue weighted by molar-refractivity contribution is 5.78. The van der Waals surface area contributed by atoms with Crippen LogP contribution in [0, 0.1) is 0 Å². The summed E-state index contributed by atoms with van der Waals surface area (Å²) in [6.45, 7) is 4.70. The molecule has 0 radical (unpaired) electrons. The molecule has 0 aliphatic carbocycles. The number of hydrogen-bond donors (Lipinski definition) is 1. The number of piperidine rings is 1. The molecule has 2 amide bonds. The highest BCUT2D eigenvalue weighted by Crippen LogP contribution is 2.13. The van der Waals surface area contributed by atoms with Crippen molar-refractivity contribution in [2.45, 2.75) is 51.0 Å². The maximum Gasteiger partial charge on any atom is 0.222 e. The van der Waals surface area contributed by atoms with Gasteiger partial charge in [-0.2, -0.15) is 0 Å². The molecule has 3 rings (SSSR count). The van der Waals surface area contributed by atoms with Gasteiger partial charge >= 0.3 is 0 Å². The van der Waals surface area contributed by atoms with Gasteiger partial charge in [-0.1, -0.05) is 30.3 Å². The van der Waals surface area contributed by atoms with Crippen LogP contribution >= 0.6 is 0 Å². The molecule has 0 spiro atoms. The zero-order valence-corrected chi connectivity index (χ0v) is 15.7. The molecule has 2 aliphatic rings. The van der Waals surface area contributed by atoms with E-state index in [0.717, 1.165) is 64.8 Å². The Kier molecular flexibility index (Phi) is 7.06. The van der Waals surface area contributed by atoms with Gasteiger partial charge in [0, 0.05) is 45.1 Å². The topological polar surface area (TPSA) is 52.7 Å². The maximum absolute atomic E-state index is 12.2. The van der Waals surface area contributed by atoms with E-state index in [0.29, 0.717) is 12.8 Å². The number of carbonyl (C=O) groups excluding carboxylic acids is 2. The molecule has 5 nitrogen and oxygen atoms in total. The van der Waals surface area contributed by atoms with E-state index in [1.807, 2.05) is 4.90 Å². The van der Waals surface area contributed by atoms with Gasteiger partial charge in [0.15, 0.2) is 0 Å². The lowest BCUT2D eigenvalue weighted by Crippen LogP contribution is -2.48. The normalized spacial score (nSPS) is 21.2. The molecule has 1 unspecified atom stereocenters. The molecule has 1 atom stereocenters. The molecule has 142 valence electrons. The molecule has 2 heterocycles. The summed E-state index contributed by atoms with van der Waals surface area (Å²) in [6, 6.07) is 10.8. The first-order valence-corrected chi connectivity index (χ1v) is 10.0. The van der Waals surface area contributed by atoms with Crippen LogP contribution in [0.1, 0.15) is 44.1 Å². The van der Waals surface area contributed by atoms with Crippen LogP contribution in [0.5, 0.6) is 0 Å². The summed E-state index contributed by atoms with van der Waals surface area (Å²) in [5.41, 5.74) is 1.37. The van der Waals surface area contributed by atoms with Crippen molar-refractivity contribution < 1.29 is 9.59 Å². The van der Waals surface area contributed by atoms with Gasteiger partial charge in [-0.3, -0.25) is 9.59 Å². The number of nitrogens with one attached hydrogen (secondary N) is 1. The van der Waals surface area contributed by atoms with Crippen LogP contribution in [0.4, 0.5) is 0 Å². The average Bonchev–Trinajstić information content (AvgIpc) is 3.06. The summed E-state index contributed by atoms with van der Waals surface area (Å²) >= 11 is 0. The number of amides is 2. The van der Waals surface area contributed by atoms with Gasteiger partial charge in [0.1, 0.15) is 0 Å². The molecule has 0 aromatic heterocycles. The van der Waals surface area contributed by atoms with Gasteiger partial charge in [0.05, 0.1) is 0 Å². The van der Waals surface area contributed by atoms with Crippen LogP contribution < -0.4 is 5.32 Å². The Balaban J connectivity index is 1.33. The SMILES string of the molecule is O=C(CCCN1CCCC1=O)NC1CCCN(CCc2ccccc2)C1. The molecule has 1 N–H and O–H groups in total. The summed E-state index contributed by atoms with van der Waals surface area (Å²) in [6.07, 6.45) is 6.19. The lowest BCUT2D eigenvalue weighted by molar-refractivity contribution is -0.128. The number of rotatable bonds is 8.